The molecule has 0 aromatic carbocycles. The molecule has 0 aromatic rings. The molecule has 0 N–H and O–H groups in total. The lowest BCUT2D eigenvalue weighted by Crippen LogP contribution is -2.35. The molecular weight excluding hydrogens is 180 g/mol. The smallest absolute Gasteiger partial charge is 0.0355 e. The summed E-state index contributed by atoms with van der Waals surface area (Å²) in [6.07, 6.45) is 10.6. The van der Waals surface area contributed by atoms with Gasteiger partial charge in [0.1, 0.15) is 0 Å². The second kappa shape index (κ2) is 6.55. The normalized spacial score (nSPS) is 40.0. The molecule has 0 aromatic heterocycles. The Morgan fingerprint density at radius 2 is 1.60 bits per heavy atom. The summed E-state index contributed by atoms with van der Waals surface area (Å²) in [5.74, 6) is 4.32. The van der Waals surface area contributed by atoms with Crippen molar-refractivity contribution in [1.29, 1.82) is 0 Å². The van der Waals surface area contributed by atoms with Gasteiger partial charge in [0, 0.05) is 0 Å². The van der Waals surface area contributed by atoms with Crippen molar-refractivity contribution in [3.05, 3.63) is 0 Å². The van der Waals surface area contributed by atoms with E-state index in [1.807, 2.05) is 13.8 Å². The van der Waals surface area contributed by atoms with Gasteiger partial charge in [0.05, 0.1) is 0 Å². The van der Waals surface area contributed by atoms with Gasteiger partial charge in [-0.25, -0.2) is 0 Å². The van der Waals surface area contributed by atoms with Gasteiger partial charge in [-0.3, -0.25) is 0 Å². The molecular formula is C15H30. The molecule has 0 heteroatoms. The summed E-state index contributed by atoms with van der Waals surface area (Å²) in [7, 11) is 0. The second-order valence-electron chi connectivity index (χ2n) is 5.34. The van der Waals surface area contributed by atoms with Crippen LogP contribution in [0.15, 0.2) is 0 Å². The molecule has 90 valence electrons. The highest BCUT2D eigenvalue weighted by molar-refractivity contribution is 4.87. The van der Waals surface area contributed by atoms with Gasteiger partial charge in [0.25, 0.3) is 0 Å². The molecule has 15 heavy (non-hydrogen) atoms. The first-order valence-electron chi connectivity index (χ1n) is 7.33. The van der Waals surface area contributed by atoms with E-state index in [9.17, 15) is 0 Å². The molecule has 0 spiro atoms. The molecule has 0 radical (unpaired) electrons. The minimum absolute atomic E-state index is 1.02. The van der Waals surface area contributed by atoms with Crippen LogP contribution >= 0.6 is 0 Å². The third-order valence-electron chi connectivity index (χ3n) is 4.71. The topological polar surface area (TPSA) is 0 Å². The highest BCUT2D eigenvalue weighted by atomic mass is 14.4. The van der Waals surface area contributed by atoms with Crippen molar-refractivity contribution in [3.8, 4) is 0 Å². The zero-order valence-electron chi connectivity index (χ0n) is 11.3. The summed E-state index contributed by atoms with van der Waals surface area (Å²) in [6, 6.07) is 0. The Morgan fingerprint density at radius 3 is 2.27 bits per heavy atom. The van der Waals surface area contributed by atoms with Crippen LogP contribution in [0.25, 0.3) is 0 Å². The first-order valence-corrected chi connectivity index (χ1v) is 7.33. The third-order valence-corrected chi connectivity index (χ3v) is 4.71. The van der Waals surface area contributed by atoms with E-state index in [4.69, 9.17) is 0 Å². The summed E-state index contributed by atoms with van der Waals surface area (Å²) < 4.78 is 0. The van der Waals surface area contributed by atoms with Gasteiger partial charge in [0.15, 0.2) is 0 Å². The van der Waals surface area contributed by atoms with Crippen LogP contribution in [0.4, 0.5) is 0 Å². The van der Waals surface area contributed by atoms with Crippen LogP contribution in [0.3, 0.4) is 0 Å². The van der Waals surface area contributed by atoms with Crippen molar-refractivity contribution in [3.63, 3.8) is 0 Å². The summed E-state index contributed by atoms with van der Waals surface area (Å²) in [6.45, 7) is 8.89. The molecule has 0 bridgehead atoms. The van der Waals surface area contributed by atoms with Crippen LogP contribution in [0.5, 0.6) is 0 Å². The molecule has 2 fully saturated rings. The number of rotatable bonds is 1. The molecule has 2 aliphatic carbocycles. The van der Waals surface area contributed by atoms with Crippen LogP contribution in [-0.2, 0) is 0 Å². The molecule has 4 atom stereocenters. The number of fused-ring (bicyclic) bond motifs is 1. The van der Waals surface area contributed by atoms with Crippen LogP contribution in [-0.4, -0.2) is 0 Å². The Bertz CT molecular complexity index is 161. The molecule has 4 unspecified atom stereocenters. The summed E-state index contributed by atoms with van der Waals surface area (Å²) in [5, 5.41) is 0. The average Bonchev–Trinajstić information content (AvgIpc) is 2.32. The summed E-state index contributed by atoms with van der Waals surface area (Å²) in [4.78, 5) is 0. The second-order valence-corrected chi connectivity index (χ2v) is 5.34. The SMILES string of the molecule is CC.CCC1C(C)CCC2CCCCC21. The van der Waals surface area contributed by atoms with Gasteiger partial charge in [0.2, 0.25) is 0 Å². The van der Waals surface area contributed by atoms with Crippen LogP contribution in [0.2, 0.25) is 0 Å². The molecule has 0 heterocycles. The Morgan fingerprint density at radius 1 is 0.933 bits per heavy atom. The summed E-state index contributed by atoms with van der Waals surface area (Å²) in [5.41, 5.74) is 0. The Kier molecular flexibility index (Phi) is 5.71. The quantitative estimate of drug-likeness (QED) is 0.552. The Labute approximate surface area is 96.8 Å². The zero-order chi connectivity index (χ0) is 11.3. The van der Waals surface area contributed by atoms with Crippen LogP contribution in [0.1, 0.15) is 72.6 Å². The fraction of sp³-hybridized carbons (Fsp3) is 1.00. The van der Waals surface area contributed by atoms with Gasteiger partial charge in [-0.15, -0.1) is 0 Å². The lowest BCUT2D eigenvalue weighted by atomic mass is 9.61. The molecule has 0 amide bonds. The fourth-order valence-electron chi connectivity index (χ4n) is 3.98. The highest BCUT2D eigenvalue weighted by Crippen LogP contribution is 2.47. The molecule has 0 saturated heterocycles. The first kappa shape index (κ1) is 13.1. The van der Waals surface area contributed by atoms with Crippen molar-refractivity contribution < 1.29 is 0 Å². The van der Waals surface area contributed by atoms with Crippen molar-refractivity contribution in [2.24, 2.45) is 23.7 Å². The lowest BCUT2D eigenvalue weighted by molar-refractivity contribution is 0.0596. The first-order chi connectivity index (χ1) is 7.33. The largest absolute Gasteiger partial charge is 0.0683 e. The van der Waals surface area contributed by atoms with Gasteiger partial charge in [-0.05, 0) is 36.5 Å². The zero-order valence-corrected chi connectivity index (χ0v) is 11.3. The maximum absolute atomic E-state index is 2.49. The summed E-state index contributed by atoms with van der Waals surface area (Å²) >= 11 is 0. The van der Waals surface area contributed by atoms with Gasteiger partial charge in [-0.2, -0.15) is 0 Å². The number of hydrogen-bond acceptors (Lipinski definition) is 0. The van der Waals surface area contributed by atoms with E-state index < -0.39 is 0 Å². The predicted molar refractivity (Wildman–Crippen MR) is 69.0 cm³/mol. The molecule has 2 saturated carbocycles. The maximum atomic E-state index is 2.49. The molecule has 0 nitrogen and oxygen atoms in total. The van der Waals surface area contributed by atoms with E-state index in [0.29, 0.717) is 0 Å². The monoisotopic (exact) mass is 210 g/mol. The number of hydrogen-bond donors (Lipinski definition) is 0. The standard InChI is InChI=1S/C13H24.C2H6/c1-3-12-10(2)8-9-11-6-4-5-7-13(11)12;1-2/h10-13H,3-9H2,1-2H3;1-2H3. The van der Waals surface area contributed by atoms with E-state index >= 15 is 0 Å². The highest BCUT2D eigenvalue weighted by Gasteiger charge is 2.37. The molecule has 2 rings (SSSR count). The van der Waals surface area contributed by atoms with E-state index in [-0.39, 0.29) is 0 Å². The minimum atomic E-state index is 1.02. The molecule has 2 aliphatic rings. The average molecular weight is 210 g/mol. The minimum Gasteiger partial charge on any atom is -0.0683 e. The van der Waals surface area contributed by atoms with Crippen molar-refractivity contribution in [2.45, 2.75) is 72.6 Å². The third kappa shape index (κ3) is 2.98. The maximum Gasteiger partial charge on any atom is -0.0355 e. The van der Waals surface area contributed by atoms with Gasteiger partial charge in [-0.1, -0.05) is 59.8 Å². The van der Waals surface area contributed by atoms with Crippen LogP contribution in [0, 0.1) is 23.7 Å². The van der Waals surface area contributed by atoms with E-state index in [0.717, 1.165) is 23.7 Å². The van der Waals surface area contributed by atoms with Gasteiger partial charge < -0.3 is 0 Å². The fourth-order valence-corrected chi connectivity index (χ4v) is 3.98. The van der Waals surface area contributed by atoms with Crippen LogP contribution < -0.4 is 0 Å². The van der Waals surface area contributed by atoms with Crippen molar-refractivity contribution in [1.82, 2.24) is 0 Å². The Hall–Kier alpha value is 0. The molecule has 0 aliphatic heterocycles. The van der Waals surface area contributed by atoms with E-state index in [1.165, 1.54) is 25.7 Å². The van der Waals surface area contributed by atoms with Crippen molar-refractivity contribution in [2.75, 3.05) is 0 Å². The lowest BCUT2D eigenvalue weighted by Gasteiger charge is -2.44. The van der Waals surface area contributed by atoms with Crippen molar-refractivity contribution >= 4 is 0 Å². The van der Waals surface area contributed by atoms with Gasteiger partial charge >= 0.3 is 0 Å². The predicted octanol–water partition coefficient (Wildman–Crippen LogP) is 5.28. The Balaban J connectivity index is 0.000000531. The van der Waals surface area contributed by atoms with E-state index in [1.54, 1.807) is 19.3 Å². The van der Waals surface area contributed by atoms with E-state index in [2.05, 4.69) is 13.8 Å².